The van der Waals surface area contributed by atoms with Crippen molar-refractivity contribution in [1.29, 1.82) is 0 Å². The zero-order valence-electron chi connectivity index (χ0n) is 59.0. The highest BCUT2D eigenvalue weighted by Gasteiger charge is 2.30. The third kappa shape index (κ3) is 67.8. The first-order chi connectivity index (χ1) is 42.9. The van der Waals surface area contributed by atoms with Gasteiger partial charge in [-0.1, -0.05) is 344 Å². The number of nitrogens with zero attached hydrogens (tertiary/aromatic N) is 1. The Hall–Kier alpha value is -2.55. The normalized spacial score (nSPS) is 13.9. The zero-order valence-corrected chi connectivity index (χ0v) is 59.9. The van der Waals surface area contributed by atoms with Crippen LogP contribution in [0.25, 0.3) is 0 Å². The number of likely N-dealkylation sites (N-methyl/N-ethyl adjacent to an activating group) is 1. The number of allylic oxidation sites excluding steroid dienone is 11. The Balaban J connectivity index is 4.98. The van der Waals surface area contributed by atoms with E-state index in [1.807, 2.05) is 33.3 Å². The smallest absolute Gasteiger partial charge is 0.456 e. The van der Waals surface area contributed by atoms with Gasteiger partial charge < -0.3 is 19.4 Å². The molecule has 0 radical (unpaired) electrons. The second-order valence-corrected chi connectivity index (χ2v) is 28.3. The van der Waals surface area contributed by atoms with E-state index in [9.17, 15) is 19.0 Å². The van der Waals surface area contributed by atoms with E-state index in [0.29, 0.717) is 23.9 Å². The summed E-state index contributed by atoms with van der Waals surface area (Å²) in [4.78, 5) is 38.0. The van der Waals surface area contributed by atoms with Crippen LogP contribution >= 0.6 is 7.82 Å². The van der Waals surface area contributed by atoms with E-state index >= 15 is 0 Å². The molecule has 0 aromatic rings. The molecule has 0 heterocycles. The molecule has 88 heavy (non-hydrogen) atoms. The van der Waals surface area contributed by atoms with Crippen LogP contribution in [0.2, 0.25) is 0 Å². The van der Waals surface area contributed by atoms with Crippen LogP contribution in [0.4, 0.5) is 0 Å². The summed E-state index contributed by atoms with van der Waals surface area (Å²) < 4.78 is 30.9. The molecule has 0 rings (SSSR count). The van der Waals surface area contributed by atoms with Crippen LogP contribution in [0.3, 0.4) is 0 Å². The molecule has 0 aromatic carbocycles. The molecule has 0 saturated carbocycles. The van der Waals surface area contributed by atoms with Crippen LogP contribution in [-0.2, 0) is 27.9 Å². The molecule has 0 aliphatic carbocycles. The van der Waals surface area contributed by atoms with Gasteiger partial charge in [0.2, 0.25) is 5.91 Å². The fraction of sp³-hybridized carbons (Fsp3) is 0.821. The number of hydrogen-bond donors (Lipinski definition) is 2. The zero-order chi connectivity index (χ0) is 64.2. The Labute approximate surface area is 546 Å². The Bertz CT molecular complexity index is 1730. The number of amides is 1. The van der Waals surface area contributed by atoms with Gasteiger partial charge in [0.05, 0.1) is 33.8 Å². The van der Waals surface area contributed by atoms with Gasteiger partial charge >= 0.3 is 13.8 Å². The van der Waals surface area contributed by atoms with Crippen molar-refractivity contribution in [1.82, 2.24) is 5.32 Å². The number of carbonyl (C=O) groups is 2. The second kappa shape index (κ2) is 67.3. The summed E-state index contributed by atoms with van der Waals surface area (Å²) in [6.45, 7) is 6.94. The predicted octanol–water partition coefficient (Wildman–Crippen LogP) is 24.3. The van der Waals surface area contributed by atoms with Crippen LogP contribution in [0.1, 0.15) is 361 Å². The van der Waals surface area contributed by atoms with E-state index < -0.39 is 20.0 Å². The first-order valence-electron chi connectivity index (χ1n) is 37.8. The third-order valence-corrected chi connectivity index (χ3v) is 17.9. The maximum absolute atomic E-state index is 13.6. The maximum atomic E-state index is 13.6. The lowest BCUT2D eigenvalue weighted by Crippen LogP contribution is -2.47. The highest BCUT2D eigenvalue weighted by atomic mass is 31.2. The lowest BCUT2D eigenvalue weighted by Gasteiger charge is -2.27. The molecule has 1 amide bonds. The molecule has 2 N–H and O–H groups in total. The fourth-order valence-corrected chi connectivity index (χ4v) is 11.9. The topological polar surface area (TPSA) is 111 Å². The monoisotopic (exact) mass is 1250 g/mol. The number of ether oxygens (including phenoxy) is 1. The summed E-state index contributed by atoms with van der Waals surface area (Å²) in [5.74, 6) is -0.504. The molecule has 0 saturated heterocycles. The first-order valence-corrected chi connectivity index (χ1v) is 39.3. The molecule has 0 fully saturated rings. The molecule has 0 aromatic heterocycles. The average Bonchev–Trinajstić information content (AvgIpc) is 3.53. The van der Waals surface area contributed by atoms with Crippen molar-refractivity contribution >= 4 is 19.7 Å². The van der Waals surface area contributed by atoms with Crippen molar-refractivity contribution in [2.75, 3.05) is 40.9 Å². The van der Waals surface area contributed by atoms with Crippen molar-refractivity contribution in [2.45, 2.75) is 373 Å². The van der Waals surface area contributed by atoms with Gasteiger partial charge in [-0.05, 0) is 76.7 Å². The molecule has 0 aliphatic rings. The molecule has 514 valence electrons. The molecule has 3 atom stereocenters. The van der Waals surface area contributed by atoms with Gasteiger partial charge in [-0.15, -0.1) is 0 Å². The number of hydrogen-bond acceptors (Lipinski definition) is 6. The van der Waals surface area contributed by atoms with Gasteiger partial charge in [0, 0.05) is 12.8 Å². The van der Waals surface area contributed by atoms with Gasteiger partial charge in [-0.2, -0.15) is 0 Å². The lowest BCUT2D eigenvalue weighted by atomic mass is 10.0. The summed E-state index contributed by atoms with van der Waals surface area (Å²) in [6.07, 6.45) is 89.3. The second-order valence-electron chi connectivity index (χ2n) is 26.8. The van der Waals surface area contributed by atoms with Crippen molar-refractivity contribution < 1.29 is 37.3 Å². The van der Waals surface area contributed by atoms with Crippen LogP contribution in [0.15, 0.2) is 72.9 Å². The fourth-order valence-electron chi connectivity index (χ4n) is 11.1. The minimum Gasteiger partial charge on any atom is -0.456 e. The van der Waals surface area contributed by atoms with Crippen molar-refractivity contribution in [3.05, 3.63) is 72.9 Å². The summed E-state index contributed by atoms with van der Waals surface area (Å²) >= 11 is 0. The predicted molar refractivity (Wildman–Crippen MR) is 383 cm³/mol. The van der Waals surface area contributed by atoms with E-state index in [1.165, 1.54) is 225 Å². The van der Waals surface area contributed by atoms with Crippen molar-refractivity contribution in [3.63, 3.8) is 0 Å². The van der Waals surface area contributed by atoms with Gasteiger partial charge in [0.1, 0.15) is 19.3 Å². The average molecular weight is 1260 g/mol. The molecule has 0 bridgehead atoms. The SMILES string of the molecule is CC/C=C\C/C=C\C/C=C\C/C=C\C/C=C\CCCCCCCCCC(=O)NC(COP(=O)(O)OCC[N+](C)(C)C)C(/C=C/CCCCCCCCCCCC)OC(=O)CCCCCCCCCCCCCCCCCCCCCCCCCCCCC. The van der Waals surface area contributed by atoms with Crippen LogP contribution in [0.5, 0.6) is 0 Å². The lowest BCUT2D eigenvalue weighted by molar-refractivity contribution is -0.870. The molecule has 9 nitrogen and oxygen atoms in total. The molecular formula is C78H146N2O7P+. The summed E-state index contributed by atoms with van der Waals surface area (Å²) in [5.41, 5.74) is 0. The number of nitrogens with one attached hydrogen (secondary N) is 1. The number of quaternary nitrogens is 1. The standard InChI is InChI=1S/C78H145N2O7P/c1-7-10-13-16-19-22-25-28-30-32-34-36-38-39-40-41-43-45-47-49-51-53-56-59-62-65-68-71-78(82)87-76(69-66-63-60-57-54-27-24-21-18-15-12-9-3)75(74-86-88(83,84)85-73-72-80(4,5)6)79-77(81)70-67-64-61-58-55-52-50-48-46-44-42-37-35-33-31-29-26-23-20-17-14-11-8-2/h11,14,20,23,29,31,35,37,44,46,66,69,75-76H,7-10,12-13,15-19,21-22,24-28,30,32-34,36,38-43,45,47-65,67-68,70-74H2,1-6H3,(H-,79,81,83,84)/p+1/b14-11-,23-20-,31-29-,37-35-,46-44-,69-66+. The number of phosphoric acid groups is 1. The quantitative estimate of drug-likeness (QED) is 0.0205. The summed E-state index contributed by atoms with van der Waals surface area (Å²) in [6, 6.07) is -0.857. The largest absolute Gasteiger partial charge is 0.472 e. The van der Waals surface area contributed by atoms with E-state index in [2.05, 4.69) is 86.8 Å². The highest BCUT2D eigenvalue weighted by Crippen LogP contribution is 2.43. The minimum atomic E-state index is -4.46. The molecule has 3 unspecified atom stereocenters. The minimum absolute atomic E-state index is 0.0371. The van der Waals surface area contributed by atoms with E-state index in [0.717, 1.165) is 103 Å². The summed E-state index contributed by atoms with van der Waals surface area (Å²) in [5, 5.41) is 3.07. The van der Waals surface area contributed by atoms with E-state index in [-0.39, 0.29) is 25.1 Å². The van der Waals surface area contributed by atoms with Crippen molar-refractivity contribution in [2.24, 2.45) is 0 Å². The molecule has 10 heteroatoms. The van der Waals surface area contributed by atoms with Gasteiger partial charge in [0.15, 0.2) is 0 Å². The highest BCUT2D eigenvalue weighted by molar-refractivity contribution is 7.47. The number of carbonyl (C=O) groups excluding carboxylic acids is 2. The number of rotatable bonds is 69. The number of phosphoric ester groups is 1. The Morgan fingerprint density at radius 3 is 1.09 bits per heavy atom. The maximum Gasteiger partial charge on any atom is 0.472 e. The van der Waals surface area contributed by atoms with Crippen LogP contribution in [-0.4, -0.2) is 74.3 Å². The van der Waals surface area contributed by atoms with Crippen molar-refractivity contribution in [3.8, 4) is 0 Å². The third-order valence-electron chi connectivity index (χ3n) is 16.9. The molecular weight excluding hydrogens is 1110 g/mol. The number of esters is 1. The number of unbranched alkanes of at least 4 members (excludes halogenated alkanes) is 43. The Morgan fingerprint density at radius 2 is 0.727 bits per heavy atom. The van der Waals surface area contributed by atoms with E-state index in [1.54, 1.807) is 0 Å². The molecule has 0 aliphatic heterocycles. The van der Waals surface area contributed by atoms with Gasteiger partial charge in [-0.3, -0.25) is 18.6 Å². The van der Waals surface area contributed by atoms with E-state index in [4.69, 9.17) is 13.8 Å². The summed E-state index contributed by atoms with van der Waals surface area (Å²) in [7, 11) is 1.49. The Morgan fingerprint density at radius 1 is 0.409 bits per heavy atom. The van der Waals surface area contributed by atoms with Crippen LogP contribution in [0, 0.1) is 0 Å². The van der Waals surface area contributed by atoms with Gasteiger partial charge in [0.25, 0.3) is 0 Å². The first kappa shape index (κ1) is 85.5. The van der Waals surface area contributed by atoms with Crippen LogP contribution < -0.4 is 5.32 Å². The Kier molecular flexibility index (Phi) is 65.4. The molecule has 0 spiro atoms. The van der Waals surface area contributed by atoms with Gasteiger partial charge in [-0.25, -0.2) is 4.57 Å².